The molecule has 148 valence electrons. The van der Waals surface area contributed by atoms with Crippen LogP contribution in [0, 0.1) is 0 Å². The van der Waals surface area contributed by atoms with Crippen LogP contribution in [0.25, 0.3) is 0 Å². The number of ether oxygens (including phenoxy) is 2. The largest absolute Gasteiger partial charge is 0.480 e. The molecule has 0 bridgehead atoms. The number of halogens is 2. The van der Waals surface area contributed by atoms with E-state index >= 15 is 0 Å². The van der Waals surface area contributed by atoms with Gasteiger partial charge in [-0.15, -0.1) is 0 Å². The van der Waals surface area contributed by atoms with Gasteiger partial charge in [0.1, 0.15) is 5.75 Å². The third-order valence-electron chi connectivity index (χ3n) is 4.26. The zero-order chi connectivity index (χ0) is 20.1. The van der Waals surface area contributed by atoms with Crippen LogP contribution in [0.2, 0.25) is 5.02 Å². The molecule has 1 heterocycles. The van der Waals surface area contributed by atoms with E-state index in [1.54, 1.807) is 54.3 Å². The van der Waals surface area contributed by atoms with Crippen molar-refractivity contribution >= 4 is 45.0 Å². The van der Waals surface area contributed by atoms with Crippen LogP contribution < -0.4 is 10.1 Å². The summed E-state index contributed by atoms with van der Waals surface area (Å²) in [5.74, 6) is 0.193. The molecule has 1 atom stereocenters. The van der Waals surface area contributed by atoms with E-state index < -0.39 is 6.10 Å². The Kier molecular flexibility index (Phi) is 6.93. The van der Waals surface area contributed by atoms with Gasteiger partial charge in [-0.3, -0.25) is 9.59 Å². The highest BCUT2D eigenvalue weighted by atomic mass is 79.9. The standard InChI is InChI=1S/C20H20BrClN2O4/c1-13(28-18-7-4-15(22)12-17(18)21)19(25)23-16-5-2-14(3-6-16)20(26)24-8-10-27-11-9-24/h2-7,12-13H,8-11H2,1H3,(H,23,25). The van der Waals surface area contributed by atoms with E-state index in [2.05, 4.69) is 21.2 Å². The Hall–Kier alpha value is -2.09. The van der Waals surface area contributed by atoms with Crippen molar-refractivity contribution in [2.45, 2.75) is 13.0 Å². The minimum atomic E-state index is -0.716. The Morgan fingerprint density at radius 3 is 2.50 bits per heavy atom. The third-order valence-corrected chi connectivity index (χ3v) is 5.12. The molecule has 2 aromatic rings. The van der Waals surface area contributed by atoms with Crippen molar-refractivity contribution in [3.8, 4) is 5.75 Å². The van der Waals surface area contributed by atoms with Crippen LogP contribution in [0.4, 0.5) is 5.69 Å². The number of carbonyl (C=O) groups excluding carboxylic acids is 2. The lowest BCUT2D eigenvalue weighted by atomic mass is 10.1. The first-order valence-corrected chi connectivity index (χ1v) is 10.0. The van der Waals surface area contributed by atoms with Gasteiger partial charge in [-0.25, -0.2) is 0 Å². The van der Waals surface area contributed by atoms with Crippen LogP contribution in [0.3, 0.4) is 0 Å². The van der Waals surface area contributed by atoms with Gasteiger partial charge in [0.05, 0.1) is 17.7 Å². The van der Waals surface area contributed by atoms with Gasteiger partial charge in [0.25, 0.3) is 11.8 Å². The van der Waals surface area contributed by atoms with Crippen LogP contribution >= 0.6 is 27.5 Å². The lowest BCUT2D eigenvalue weighted by Gasteiger charge is -2.26. The third kappa shape index (κ3) is 5.25. The molecule has 1 N–H and O–H groups in total. The maximum absolute atomic E-state index is 12.4. The van der Waals surface area contributed by atoms with Crippen LogP contribution in [0.15, 0.2) is 46.9 Å². The van der Waals surface area contributed by atoms with Crippen molar-refractivity contribution in [1.29, 1.82) is 0 Å². The second kappa shape index (κ2) is 9.41. The SMILES string of the molecule is CC(Oc1ccc(Cl)cc1Br)C(=O)Nc1ccc(C(=O)N2CCOCC2)cc1. The molecule has 1 saturated heterocycles. The molecule has 2 amide bonds. The quantitative estimate of drug-likeness (QED) is 0.722. The van der Waals surface area contributed by atoms with Crippen molar-refractivity contribution in [1.82, 2.24) is 4.90 Å². The average molecular weight is 468 g/mol. The van der Waals surface area contributed by atoms with Gasteiger partial charge in [0.2, 0.25) is 0 Å². The molecular weight excluding hydrogens is 448 g/mol. The highest BCUT2D eigenvalue weighted by Crippen LogP contribution is 2.29. The van der Waals surface area contributed by atoms with E-state index in [9.17, 15) is 9.59 Å². The Morgan fingerprint density at radius 2 is 1.86 bits per heavy atom. The van der Waals surface area contributed by atoms with E-state index in [4.69, 9.17) is 21.1 Å². The molecule has 0 saturated carbocycles. The zero-order valence-electron chi connectivity index (χ0n) is 15.3. The molecule has 8 heteroatoms. The monoisotopic (exact) mass is 466 g/mol. The summed E-state index contributed by atoms with van der Waals surface area (Å²) in [6.45, 7) is 3.95. The highest BCUT2D eigenvalue weighted by Gasteiger charge is 2.19. The molecule has 0 spiro atoms. The molecule has 0 aliphatic carbocycles. The smallest absolute Gasteiger partial charge is 0.265 e. The summed E-state index contributed by atoms with van der Waals surface area (Å²) in [6, 6.07) is 11.9. The number of morpholine rings is 1. The summed E-state index contributed by atoms with van der Waals surface area (Å²) in [5.41, 5.74) is 1.17. The summed E-state index contributed by atoms with van der Waals surface area (Å²) in [6.07, 6.45) is -0.716. The zero-order valence-corrected chi connectivity index (χ0v) is 17.6. The van der Waals surface area contributed by atoms with Crippen molar-refractivity contribution in [3.05, 3.63) is 57.5 Å². The molecule has 1 aliphatic heterocycles. The molecule has 28 heavy (non-hydrogen) atoms. The molecule has 2 aromatic carbocycles. The fourth-order valence-corrected chi connectivity index (χ4v) is 3.48. The second-order valence-electron chi connectivity index (χ2n) is 6.31. The van der Waals surface area contributed by atoms with Gasteiger partial charge in [-0.1, -0.05) is 11.6 Å². The normalized spacial score (nSPS) is 15.0. The first-order chi connectivity index (χ1) is 13.4. The maximum Gasteiger partial charge on any atom is 0.265 e. The van der Waals surface area contributed by atoms with Crippen LogP contribution in [-0.4, -0.2) is 49.1 Å². The Bertz CT molecular complexity index is 854. The first-order valence-electron chi connectivity index (χ1n) is 8.83. The summed E-state index contributed by atoms with van der Waals surface area (Å²) < 4.78 is 11.6. The molecule has 0 aromatic heterocycles. The number of nitrogens with one attached hydrogen (secondary N) is 1. The Labute approximate surface area is 176 Å². The fraction of sp³-hybridized carbons (Fsp3) is 0.300. The highest BCUT2D eigenvalue weighted by molar-refractivity contribution is 9.10. The number of benzene rings is 2. The van der Waals surface area contributed by atoms with Gasteiger partial charge < -0.3 is 19.7 Å². The Balaban J connectivity index is 1.58. The number of hydrogen-bond acceptors (Lipinski definition) is 4. The van der Waals surface area contributed by atoms with Crippen LogP contribution in [-0.2, 0) is 9.53 Å². The Morgan fingerprint density at radius 1 is 1.18 bits per heavy atom. The van der Waals surface area contributed by atoms with Crippen molar-refractivity contribution in [2.75, 3.05) is 31.6 Å². The number of anilines is 1. The number of carbonyl (C=O) groups is 2. The number of nitrogens with zero attached hydrogens (tertiary/aromatic N) is 1. The summed E-state index contributed by atoms with van der Waals surface area (Å²) in [5, 5.41) is 3.36. The molecule has 0 radical (unpaired) electrons. The average Bonchev–Trinajstić information content (AvgIpc) is 2.70. The van der Waals surface area contributed by atoms with E-state index in [1.807, 2.05) is 0 Å². The first kappa shape index (κ1) is 20.6. The van der Waals surface area contributed by atoms with Gasteiger partial charge >= 0.3 is 0 Å². The van der Waals surface area contributed by atoms with Gasteiger partial charge in [0.15, 0.2) is 6.10 Å². The minimum Gasteiger partial charge on any atom is -0.480 e. The summed E-state index contributed by atoms with van der Waals surface area (Å²) >= 11 is 9.27. The van der Waals surface area contributed by atoms with Crippen LogP contribution in [0.1, 0.15) is 17.3 Å². The number of rotatable bonds is 5. The predicted octanol–water partition coefficient (Wildman–Crippen LogP) is 3.98. The van der Waals surface area contributed by atoms with E-state index in [0.717, 1.165) is 0 Å². The van der Waals surface area contributed by atoms with E-state index in [0.29, 0.717) is 52.8 Å². The van der Waals surface area contributed by atoms with E-state index in [-0.39, 0.29) is 11.8 Å². The molecule has 1 unspecified atom stereocenters. The second-order valence-corrected chi connectivity index (χ2v) is 7.60. The van der Waals surface area contributed by atoms with Gasteiger partial charge in [-0.05, 0) is 65.3 Å². The molecule has 1 aliphatic rings. The summed E-state index contributed by atoms with van der Waals surface area (Å²) in [7, 11) is 0. The predicted molar refractivity (Wildman–Crippen MR) is 111 cm³/mol. The van der Waals surface area contributed by atoms with Crippen molar-refractivity contribution < 1.29 is 19.1 Å². The lowest BCUT2D eigenvalue weighted by Crippen LogP contribution is -2.40. The van der Waals surface area contributed by atoms with E-state index in [1.165, 1.54) is 0 Å². The van der Waals surface area contributed by atoms with Gasteiger partial charge in [0, 0.05) is 29.4 Å². The summed E-state index contributed by atoms with van der Waals surface area (Å²) in [4.78, 5) is 26.6. The molecular formula is C20H20BrClN2O4. The fourth-order valence-electron chi connectivity index (χ4n) is 2.70. The minimum absolute atomic E-state index is 0.0366. The topological polar surface area (TPSA) is 67.9 Å². The number of amides is 2. The molecule has 1 fully saturated rings. The lowest BCUT2D eigenvalue weighted by molar-refractivity contribution is -0.122. The van der Waals surface area contributed by atoms with Crippen molar-refractivity contribution in [3.63, 3.8) is 0 Å². The van der Waals surface area contributed by atoms with Gasteiger partial charge in [-0.2, -0.15) is 0 Å². The number of hydrogen-bond donors (Lipinski definition) is 1. The molecule has 3 rings (SSSR count). The maximum atomic E-state index is 12.4. The van der Waals surface area contributed by atoms with Crippen LogP contribution in [0.5, 0.6) is 5.75 Å². The molecule has 6 nitrogen and oxygen atoms in total. The van der Waals surface area contributed by atoms with Crippen molar-refractivity contribution in [2.24, 2.45) is 0 Å².